The van der Waals surface area contributed by atoms with Crippen LogP contribution in [-0.4, -0.2) is 27.4 Å². The van der Waals surface area contributed by atoms with Crippen molar-refractivity contribution in [3.63, 3.8) is 0 Å². The third-order valence-corrected chi connectivity index (χ3v) is 6.58. The van der Waals surface area contributed by atoms with Crippen LogP contribution in [-0.2, 0) is 4.79 Å². The van der Waals surface area contributed by atoms with Gasteiger partial charge in [-0.1, -0.05) is 47.5 Å². The van der Waals surface area contributed by atoms with Crippen LogP contribution in [0, 0.1) is 0 Å². The van der Waals surface area contributed by atoms with Gasteiger partial charge in [0.2, 0.25) is 5.91 Å². The van der Waals surface area contributed by atoms with Crippen LogP contribution >= 0.6 is 35.4 Å². The van der Waals surface area contributed by atoms with Crippen molar-refractivity contribution in [1.29, 1.82) is 0 Å². The maximum absolute atomic E-state index is 12.9. The number of thiocarbonyl (C=S) groups is 1. The number of pyridine rings is 1. The zero-order valence-corrected chi connectivity index (χ0v) is 20.6. The van der Waals surface area contributed by atoms with E-state index in [-0.39, 0.29) is 18.5 Å². The fourth-order valence-electron chi connectivity index (χ4n) is 4.11. The summed E-state index contributed by atoms with van der Waals surface area (Å²) in [6, 6.07) is 23.2. The van der Waals surface area contributed by atoms with E-state index < -0.39 is 6.04 Å². The Kier molecular flexibility index (Phi) is 6.72. The van der Waals surface area contributed by atoms with Gasteiger partial charge < -0.3 is 20.0 Å². The number of anilines is 1. The van der Waals surface area contributed by atoms with E-state index in [2.05, 4.69) is 15.6 Å². The second-order valence-electron chi connectivity index (χ2n) is 7.99. The first-order valence-electron chi connectivity index (χ1n) is 10.9. The topological polar surface area (TPSA) is 70.4 Å². The minimum absolute atomic E-state index is 0.0342. The second-order valence-corrected chi connectivity index (χ2v) is 9.23. The average molecular weight is 523 g/mol. The van der Waals surface area contributed by atoms with Gasteiger partial charge in [-0.2, -0.15) is 0 Å². The minimum Gasteiger partial charge on any atom is -0.459 e. The molecule has 1 aliphatic heterocycles. The summed E-state index contributed by atoms with van der Waals surface area (Å²) in [7, 11) is 0. The number of hydrogen-bond donors (Lipinski definition) is 2. The lowest BCUT2D eigenvalue weighted by Gasteiger charge is -2.25. The summed E-state index contributed by atoms with van der Waals surface area (Å²) in [6.07, 6.45) is 1.73. The number of furan rings is 1. The van der Waals surface area contributed by atoms with Crippen LogP contribution in [0.3, 0.4) is 0 Å². The minimum atomic E-state index is -0.404. The Balaban J connectivity index is 1.47. The Morgan fingerprint density at radius 1 is 1.06 bits per heavy atom. The summed E-state index contributed by atoms with van der Waals surface area (Å²) >= 11 is 18.1. The smallest absolute Gasteiger partial charge is 0.244 e. The van der Waals surface area contributed by atoms with E-state index in [9.17, 15) is 4.79 Å². The van der Waals surface area contributed by atoms with E-state index in [1.807, 2.05) is 71.6 Å². The molecule has 0 radical (unpaired) electrons. The largest absolute Gasteiger partial charge is 0.459 e. The van der Waals surface area contributed by atoms with Gasteiger partial charge in [0.25, 0.3) is 0 Å². The van der Waals surface area contributed by atoms with Crippen molar-refractivity contribution in [3.05, 3.63) is 107 Å². The Morgan fingerprint density at radius 2 is 1.86 bits per heavy atom. The molecule has 0 saturated carbocycles. The molecule has 0 spiro atoms. The van der Waals surface area contributed by atoms with Crippen LogP contribution in [0.1, 0.15) is 23.5 Å². The van der Waals surface area contributed by atoms with Crippen molar-refractivity contribution < 1.29 is 9.21 Å². The van der Waals surface area contributed by atoms with Crippen molar-refractivity contribution in [3.8, 4) is 11.3 Å². The van der Waals surface area contributed by atoms with Gasteiger partial charge in [0.1, 0.15) is 24.1 Å². The van der Waals surface area contributed by atoms with Crippen LogP contribution in [0.25, 0.3) is 11.3 Å². The summed E-state index contributed by atoms with van der Waals surface area (Å²) in [6.45, 7) is 0.0342. The molecule has 35 heavy (non-hydrogen) atoms. The second kappa shape index (κ2) is 10.1. The van der Waals surface area contributed by atoms with E-state index in [4.69, 9.17) is 39.8 Å². The lowest BCUT2D eigenvalue weighted by molar-refractivity contribution is -0.116. The summed E-state index contributed by atoms with van der Waals surface area (Å²) in [5.74, 6) is 1.02. The first-order valence-corrected chi connectivity index (χ1v) is 12.0. The Hall–Kier alpha value is -3.39. The molecule has 0 aliphatic carbocycles. The predicted octanol–water partition coefficient (Wildman–Crippen LogP) is 6.26. The molecule has 2 N–H and O–H groups in total. The molecule has 5 rings (SSSR count). The van der Waals surface area contributed by atoms with Crippen molar-refractivity contribution in [1.82, 2.24) is 15.2 Å². The fourth-order valence-corrected chi connectivity index (χ4v) is 4.91. The zero-order chi connectivity index (χ0) is 24.4. The zero-order valence-electron chi connectivity index (χ0n) is 18.3. The molecule has 3 heterocycles. The predicted molar refractivity (Wildman–Crippen MR) is 141 cm³/mol. The van der Waals surface area contributed by atoms with Gasteiger partial charge in [-0.3, -0.25) is 9.78 Å². The Bertz CT molecular complexity index is 1360. The van der Waals surface area contributed by atoms with Crippen LogP contribution in [0.4, 0.5) is 5.69 Å². The van der Waals surface area contributed by atoms with E-state index in [0.29, 0.717) is 32.4 Å². The highest BCUT2D eigenvalue weighted by molar-refractivity contribution is 7.80. The summed E-state index contributed by atoms with van der Waals surface area (Å²) in [5.41, 5.74) is 2.22. The molecule has 1 aliphatic rings. The number of carbonyl (C=O) groups is 1. The molecule has 1 amide bonds. The number of halogens is 2. The highest BCUT2D eigenvalue weighted by Crippen LogP contribution is 2.41. The van der Waals surface area contributed by atoms with Crippen LogP contribution < -0.4 is 10.6 Å². The fraction of sp³-hybridized carbons (Fsp3) is 0.115. The first-order chi connectivity index (χ1) is 17.0. The Labute approximate surface area is 217 Å². The quantitative estimate of drug-likeness (QED) is 0.291. The van der Waals surface area contributed by atoms with Crippen LogP contribution in [0.5, 0.6) is 0 Å². The molecule has 6 nitrogen and oxygen atoms in total. The first kappa shape index (κ1) is 23.4. The van der Waals surface area contributed by atoms with E-state index >= 15 is 0 Å². The van der Waals surface area contributed by atoms with Gasteiger partial charge in [0, 0.05) is 22.5 Å². The number of carbonyl (C=O) groups excluding carboxylic acids is 1. The number of amides is 1. The molecule has 2 aromatic carbocycles. The normalized spacial score (nSPS) is 17.3. The SMILES string of the molecule is O=C(CN1C(=S)N[C@@H](c2ccccn2)[C@H]1c1ccc(-c2ccc(Cl)cc2Cl)o1)Nc1ccccc1. The van der Waals surface area contributed by atoms with Crippen molar-refractivity contribution in [2.45, 2.75) is 12.1 Å². The summed E-state index contributed by atoms with van der Waals surface area (Å²) in [5, 5.41) is 7.70. The van der Waals surface area contributed by atoms with Crippen molar-refractivity contribution >= 4 is 52.1 Å². The van der Waals surface area contributed by atoms with Gasteiger partial charge in [0.05, 0.1) is 16.8 Å². The average Bonchev–Trinajstić information content (AvgIpc) is 3.45. The molecule has 2 atom stereocenters. The molecule has 0 bridgehead atoms. The molecule has 0 unspecified atom stereocenters. The molecule has 4 aromatic rings. The number of aromatic nitrogens is 1. The molecular formula is C26H20Cl2N4O2S. The van der Waals surface area contributed by atoms with Gasteiger partial charge in [-0.05, 0) is 66.8 Å². The maximum Gasteiger partial charge on any atom is 0.244 e. The lowest BCUT2D eigenvalue weighted by atomic mass is 10.0. The third kappa shape index (κ3) is 5.03. The van der Waals surface area contributed by atoms with Crippen LogP contribution in [0.15, 0.2) is 89.5 Å². The molecular weight excluding hydrogens is 503 g/mol. The van der Waals surface area contributed by atoms with Crippen molar-refractivity contribution in [2.75, 3.05) is 11.9 Å². The molecule has 9 heteroatoms. The Morgan fingerprint density at radius 3 is 2.60 bits per heavy atom. The summed E-state index contributed by atoms with van der Waals surface area (Å²) < 4.78 is 6.28. The standard InChI is InChI=1S/C26H20Cl2N4O2S/c27-16-9-10-18(19(28)14-16)21-11-12-22(34-21)25-24(20-8-4-5-13-29-20)31-26(35)32(25)15-23(33)30-17-6-2-1-3-7-17/h1-14,24-25H,15H2,(H,30,33)(H,31,35)/t24-,25+/m0/s1. The third-order valence-electron chi connectivity index (χ3n) is 5.68. The van der Waals surface area contributed by atoms with Gasteiger partial charge in [0.15, 0.2) is 5.11 Å². The number of rotatable bonds is 6. The van der Waals surface area contributed by atoms with E-state index in [0.717, 1.165) is 11.3 Å². The monoisotopic (exact) mass is 522 g/mol. The molecule has 1 fully saturated rings. The number of hydrogen-bond acceptors (Lipinski definition) is 4. The summed E-state index contributed by atoms with van der Waals surface area (Å²) in [4.78, 5) is 19.3. The molecule has 176 valence electrons. The number of nitrogens with one attached hydrogen (secondary N) is 2. The maximum atomic E-state index is 12.9. The molecule has 1 saturated heterocycles. The van der Waals surface area contributed by atoms with Crippen LogP contribution in [0.2, 0.25) is 10.0 Å². The van der Waals surface area contributed by atoms with Crippen molar-refractivity contribution in [2.24, 2.45) is 0 Å². The van der Waals surface area contributed by atoms with Gasteiger partial charge in [-0.15, -0.1) is 0 Å². The lowest BCUT2D eigenvalue weighted by Crippen LogP contribution is -2.36. The van der Waals surface area contributed by atoms with E-state index in [1.54, 1.807) is 18.3 Å². The molecule has 2 aromatic heterocycles. The number of nitrogens with zero attached hydrogens (tertiary/aromatic N) is 2. The van der Waals surface area contributed by atoms with Gasteiger partial charge in [-0.25, -0.2) is 0 Å². The highest BCUT2D eigenvalue weighted by atomic mass is 35.5. The highest BCUT2D eigenvalue weighted by Gasteiger charge is 2.42. The van der Waals surface area contributed by atoms with E-state index in [1.165, 1.54) is 0 Å². The number of benzene rings is 2. The van der Waals surface area contributed by atoms with Gasteiger partial charge >= 0.3 is 0 Å². The number of para-hydroxylation sites is 1.